The Kier molecular flexibility index (Phi) is 1.71. The summed E-state index contributed by atoms with van der Waals surface area (Å²) in [5, 5.41) is 7.38. The Bertz CT molecular complexity index is 1020. The highest BCUT2D eigenvalue weighted by Gasteiger charge is 2.40. The van der Waals surface area contributed by atoms with Crippen LogP contribution in [0.5, 0.6) is 0 Å². The maximum absolute atomic E-state index is 2.48. The number of hydrogen-bond donors (Lipinski definition) is 0. The lowest BCUT2D eigenvalue weighted by Gasteiger charge is -2.19. The third-order valence-electron chi connectivity index (χ3n) is 5.75. The van der Waals surface area contributed by atoms with Crippen molar-refractivity contribution >= 4 is 33.7 Å². The summed E-state index contributed by atoms with van der Waals surface area (Å²) in [6.07, 6.45) is 11.0. The molecule has 0 radical (unpaired) electrons. The van der Waals surface area contributed by atoms with Gasteiger partial charge in [-0.05, 0) is 74.6 Å². The molecule has 2 atom stereocenters. The van der Waals surface area contributed by atoms with Crippen LogP contribution in [0, 0.1) is 5.92 Å². The fourth-order valence-corrected chi connectivity index (χ4v) is 4.63. The van der Waals surface area contributed by atoms with Crippen molar-refractivity contribution in [2.75, 3.05) is 0 Å². The molecule has 0 heteroatoms. The summed E-state index contributed by atoms with van der Waals surface area (Å²) < 4.78 is 0. The van der Waals surface area contributed by atoms with Crippen molar-refractivity contribution in [3.8, 4) is 0 Å². The van der Waals surface area contributed by atoms with Crippen LogP contribution < -0.4 is 5.22 Å². The van der Waals surface area contributed by atoms with Gasteiger partial charge in [0.1, 0.15) is 0 Å². The van der Waals surface area contributed by atoms with Gasteiger partial charge in [-0.2, -0.15) is 0 Å². The van der Waals surface area contributed by atoms with Crippen LogP contribution in [-0.2, 0) is 6.42 Å². The number of rotatable bonds is 0. The van der Waals surface area contributed by atoms with Gasteiger partial charge in [0.05, 0.1) is 0 Å². The predicted molar refractivity (Wildman–Crippen MR) is 89.3 cm³/mol. The molecule has 21 heavy (non-hydrogen) atoms. The lowest BCUT2D eigenvalue weighted by molar-refractivity contribution is 1.00. The summed E-state index contributed by atoms with van der Waals surface area (Å²) in [5.41, 5.74) is 4.63. The van der Waals surface area contributed by atoms with Gasteiger partial charge in [0.2, 0.25) is 0 Å². The van der Waals surface area contributed by atoms with Crippen LogP contribution >= 0.6 is 0 Å². The van der Waals surface area contributed by atoms with Gasteiger partial charge in [-0.25, -0.2) is 0 Å². The van der Waals surface area contributed by atoms with Gasteiger partial charge < -0.3 is 0 Å². The third kappa shape index (κ3) is 1.22. The largest absolute Gasteiger partial charge is 0.0802 e. The molecular weight excluding hydrogens is 252 g/mol. The zero-order valence-corrected chi connectivity index (χ0v) is 11.9. The maximum atomic E-state index is 2.48. The fraction of sp³-hybridized carbons (Fsp3) is 0.238. The van der Waals surface area contributed by atoms with Crippen molar-refractivity contribution in [2.45, 2.75) is 25.2 Å². The van der Waals surface area contributed by atoms with E-state index in [-0.39, 0.29) is 0 Å². The summed E-state index contributed by atoms with van der Waals surface area (Å²) in [5.74, 6) is 1.62. The maximum Gasteiger partial charge on any atom is -0.00240 e. The van der Waals surface area contributed by atoms with Crippen LogP contribution in [-0.4, -0.2) is 0 Å². The molecule has 3 aliphatic carbocycles. The van der Waals surface area contributed by atoms with Gasteiger partial charge >= 0.3 is 0 Å². The van der Waals surface area contributed by atoms with E-state index in [9.17, 15) is 0 Å². The summed E-state index contributed by atoms with van der Waals surface area (Å²) in [7, 11) is 0. The average Bonchev–Trinajstić information content (AvgIpc) is 3.32. The first-order valence-corrected chi connectivity index (χ1v) is 8.09. The molecule has 3 aromatic carbocycles. The minimum atomic E-state index is 0.798. The number of benzene rings is 3. The molecule has 3 aromatic rings. The molecule has 3 aliphatic rings. The van der Waals surface area contributed by atoms with Crippen LogP contribution in [0.1, 0.15) is 35.4 Å². The smallest absolute Gasteiger partial charge is 0.00240 e. The zero-order chi connectivity index (χ0) is 13.6. The van der Waals surface area contributed by atoms with E-state index in [1.807, 2.05) is 0 Å². The molecule has 0 bridgehead atoms. The topological polar surface area (TPSA) is 0 Å². The molecule has 100 valence electrons. The second-order valence-electron chi connectivity index (χ2n) is 6.89. The molecule has 0 heterocycles. The summed E-state index contributed by atoms with van der Waals surface area (Å²) in [6, 6.07) is 11.9. The Labute approximate surface area is 123 Å². The minimum absolute atomic E-state index is 0.798. The van der Waals surface area contributed by atoms with Gasteiger partial charge in [0, 0.05) is 0 Å². The van der Waals surface area contributed by atoms with Crippen molar-refractivity contribution in [3.63, 3.8) is 0 Å². The molecule has 2 unspecified atom stereocenters. The molecule has 6 rings (SSSR count). The molecule has 1 saturated carbocycles. The normalized spacial score (nSPS) is 24.8. The van der Waals surface area contributed by atoms with Crippen LogP contribution in [0.25, 0.3) is 33.7 Å². The Morgan fingerprint density at radius 1 is 1.00 bits per heavy atom. The van der Waals surface area contributed by atoms with Crippen molar-refractivity contribution < 1.29 is 0 Å². The Hall–Kier alpha value is -2.08. The summed E-state index contributed by atoms with van der Waals surface area (Å²) in [4.78, 5) is 0. The van der Waals surface area contributed by atoms with Crippen molar-refractivity contribution in [1.29, 1.82) is 0 Å². The minimum Gasteiger partial charge on any atom is -0.0802 e. The van der Waals surface area contributed by atoms with E-state index < -0.39 is 0 Å². The zero-order valence-electron chi connectivity index (χ0n) is 11.9. The lowest BCUT2D eigenvalue weighted by Crippen LogP contribution is -2.10. The molecule has 0 aliphatic heterocycles. The summed E-state index contributed by atoms with van der Waals surface area (Å²) in [6.45, 7) is 0. The van der Waals surface area contributed by atoms with Crippen LogP contribution in [0.2, 0.25) is 0 Å². The van der Waals surface area contributed by atoms with Gasteiger partial charge in [-0.15, -0.1) is 0 Å². The lowest BCUT2D eigenvalue weighted by atomic mass is 9.84. The van der Waals surface area contributed by atoms with Crippen LogP contribution in [0.3, 0.4) is 0 Å². The quantitative estimate of drug-likeness (QED) is 0.560. The first kappa shape index (κ1) is 10.6. The van der Waals surface area contributed by atoms with E-state index >= 15 is 0 Å². The van der Waals surface area contributed by atoms with Crippen molar-refractivity contribution in [2.24, 2.45) is 5.92 Å². The highest BCUT2D eigenvalue weighted by Crippen LogP contribution is 2.54. The van der Waals surface area contributed by atoms with Gasteiger partial charge in [0.25, 0.3) is 0 Å². The number of fused-ring (bicyclic) bond motifs is 4. The highest BCUT2D eigenvalue weighted by molar-refractivity contribution is 6.15. The Morgan fingerprint density at radius 3 is 3.00 bits per heavy atom. The van der Waals surface area contributed by atoms with Gasteiger partial charge in [-0.1, -0.05) is 48.6 Å². The van der Waals surface area contributed by atoms with E-state index in [1.54, 1.807) is 5.56 Å². The van der Waals surface area contributed by atoms with E-state index in [0.29, 0.717) is 0 Å². The monoisotopic (exact) mass is 268 g/mol. The van der Waals surface area contributed by atoms with E-state index in [4.69, 9.17) is 0 Å². The first-order chi connectivity index (χ1) is 10.4. The highest BCUT2D eigenvalue weighted by atomic mass is 14.4. The van der Waals surface area contributed by atoms with Gasteiger partial charge in [-0.3, -0.25) is 0 Å². The Morgan fingerprint density at radius 2 is 2.00 bits per heavy atom. The molecule has 0 nitrogen and oxygen atoms in total. The standard InChI is InChI=1S/C21H16/c1-2-12-4-5-15-11-19-16(8-7-14-10-18(14)19)17-9-6-13(3-1)20(12)21(15)17/h3-9,11,14,18H,1-2,10H2. The van der Waals surface area contributed by atoms with Crippen molar-refractivity contribution in [3.05, 3.63) is 58.3 Å². The number of aryl methyl sites for hydroxylation is 1. The van der Waals surface area contributed by atoms with Gasteiger partial charge in [0.15, 0.2) is 0 Å². The second kappa shape index (κ2) is 3.39. The fourth-order valence-electron chi connectivity index (χ4n) is 4.63. The van der Waals surface area contributed by atoms with E-state index in [1.165, 1.54) is 57.2 Å². The molecule has 0 saturated heterocycles. The molecule has 0 aromatic heterocycles. The molecule has 0 amide bonds. The molecule has 0 spiro atoms. The molecule has 0 N–H and O–H groups in total. The first-order valence-electron chi connectivity index (χ1n) is 8.09. The van der Waals surface area contributed by atoms with E-state index in [2.05, 4.69) is 48.6 Å². The van der Waals surface area contributed by atoms with E-state index in [0.717, 1.165) is 11.8 Å². The molecular formula is C21H16. The average molecular weight is 268 g/mol. The predicted octanol–water partition coefficient (Wildman–Crippen LogP) is 4.57. The number of allylic oxidation sites excluding steroid dienone is 1. The van der Waals surface area contributed by atoms with Crippen molar-refractivity contribution in [1.82, 2.24) is 0 Å². The molecule has 1 fully saturated rings. The van der Waals surface area contributed by atoms with Crippen LogP contribution in [0.15, 0.2) is 36.4 Å². The van der Waals surface area contributed by atoms with Crippen LogP contribution in [0.4, 0.5) is 0 Å². The second-order valence-corrected chi connectivity index (χ2v) is 6.89. The third-order valence-corrected chi connectivity index (χ3v) is 5.75. The SMILES string of the molecule is C1=CC2CC2c2cc3ccc4c5c(ccc(c21)c35)=CCC4. The Balaban J connectivity index is 1.91. The number of hydrogen-bond acceptors (Lipinski definition) is 0. The summed E-state index contributed by atoms with van der Waals surface area (Å²) >= 11 is 0.